The fraction of sp³-hybridized carbons (Fsp3) is 0.267. The van der Waals surface area contributed by atoms with Gasteiger partial charge in [0.1, 0.15) is 11.9 Å². The number of nitrogens with one attached hydrogen (secondary N) is 1. The molecule has 1 atom stereocenters. The number of halogens is 1. The van der Waals surface area contributed by atoms with Gasteiger partial charge in [0.25, 0.3) is 5.56 Å². The van der Waals surface area contributed by atoms with Gasteiger partial charge >= 0.3 is 11.7 Å². The van der Waals surface area contributed by atoms with Crippen LogP contribution in [0.1, 0.15) is 0 Å². The van der Waals surface area contributed by atoms with Crippen LogP contribution in [0.4, 0.5) is 4.39 Å². The molecule has 0 aliphatic carbocycles. The summed E-state index contributed by atoms with van der Waals surface area (Å²) in [4.78, 5) is 38.6. The average molecular weight is 321 g/mol. The Morgan fingerprint density at radius 2 is 1.96 bits per heavy atom. The quantitative estimate of drug-likeness (QED) is 0.829. The highest BCUT2D eigenvalue weighted by atomic mass is 19.1. The number of aromatic nitrogens is 2. The summed E-state index contributed by atoms with van der Waals surface area (Å²) >= 11 is 0. The molecule has 8 heteroatoms. The zero-order chi connectivity index (χ0) is 17.1. The number of carboxylic acid groups (broad SMARTS) is 1. The third-order valence-corrected chi connectivity index (χ3v) is 3.45. The molecule has 1 aromatic heterocycles. The fourth-order valence-electron chi connectivity index (χ4n) is 2.17. The Bertz CT molecular complexity index is 841. The number of aliphatic carboxylic acids is 1. The second-order valence-corrected chi connectivity index (χ2v) is 5.25. The van der Waals surface area contributed by atoms with Gasteiger partial charge in [-0.25, -0.2) is 9.18 Å². The minimum atomic E-state index is -1.11. The Kier molecular flexibility index (Phi) is 4.75. The normalized spacial score (nSPS) is 12.3. The summed E-state index contributed by atoms with van der Waals surface area (Å²) in [6, 6.07) is 4.69. The first-order valence-corrected chi connectivity index (χ1v) is 6.79. The van der Waals surface area contributed by atoms with Gasteiger partial charge in [-0.1, -0.05) is 18.2 Å². The van der Waals surface area contributed by atoms with Crippen molar-refractivity contribution >= 4 is 5.97 Å². The van der Waals surface area contributed by atoms with Crippen LogP contribution in [0.5, 0.6) is 0 Å². The van der Waals surface area contributed by atoms with E-state index in [1.807, 2.05) is 0 Å². The number of carboxylic acids is 1. The molecule has 0 spiro atoms. The van der Waals surface area contributed by atoms with Gasteiger partial charge in [0, 0.05) is 11.8 Å². The molecule has 0 bridgehead atoms. The zero-order valence-electron chi connectivity index (χ0n) is 12.6. The number of aromatic amines is 1. The summed E-state index contributed by atoms with van der Waals surface area (Å²) in [7, 11) is 3.13. The van der Waals surface area contributed by atoms with E-state index >= 15 is 0 Å². The minimum Gasteiger partial charge on any atom is -0.480 e. The summed E-state index contributed by atoms with van der Waals surface area (Å²) in [5.41, 5.74) is -1.47. The molecule has 7 nitrogen and oxygen atoms in total. The molecule has 122 valence electrons. The van der Waals surface area contributed by atoms with E-state index in [1.54, 1.807) is 20.2 Å². The van der Waals surface area contributed by atoms with Crippen molar-refractivity contribution < 1.29 is 14.3 Å². The van der Waals surface area contributed by atoms with Gasteiger partial charge in [-0.05, 0) is 20.2 Å². The number of nitrogens with zero attached hydrogens (tertiary/aromatic N) is 2. The van der Waals surface area contributed by atoms with Gasteiger partial charge in [-0.15, -0.1) is 0 Å². The Hall–Kier alpha value is -2.74. The van der Waals surface area contributed by atoms with Crippen LogP contribution in [0, 0.1) is 5.82 Å². The predicted molar refractivity (Wildman–Crippen MR) is 81.8 cm³/mol. The van der Waals surface area contributed by atoms with Gasteiger partial charge < -0.3 is 5.11 Å². The second kappa shape index (κ2) is 6.57. The summed E-state index contributed by atoms with van der Waals surface area (Å²) in [5, 5.41) is 9.19. The molecular weight excluding hydrogens is 305 g/mol. The fourth-order valence-corrected chi connectivity index (χ4v) is 2.17. The van der Waals surface area contributed by atoms with Crippen molar-refractivity contribution in [1.82, 2.24) is 14.5 Å². The van der Waals surface area contributed by atoms with Crippen LogP contribution >= 0.6 is 0 Å². The lowest BCUT2D eigenvalue weighted by Gasteiger charge is -2.20. The zero-order valence-corrected chi connectivity index (χ0v) is 12.6. The molecule has 2 rings (SSSR count). The van der Waals surface area contributed by atoms with Crippen LogP contribution in [-0.4, -0.2) is 45.7 Å². The van der Waals surface area contributed by atoms with Crippen LogP contribution in [0.25, 0.3) is 11.1 Å². The predicted octanol–water partition coefficient (Wildman–Crippen LogP) is 0.357. The van der Waals surface area contributed by atoms with Crippen molar-refractivity contribution in [2.24, 2.45) is 0 Å². The molecule has 0 aliphatic rings. The first-order valence-electron chi connectivity index (χ1n) is 6.79. The lowest BCUT2D eigenvalue weighted by Crippen LogP contribution is -2.43. The van der Waals surface area contributed by atoms with E-state index in [0.29, 0.717) is 0 Å². The smallest absolute Gasteiger partial charge is 0.328 e. The van der Waals surface area contributed by atoms with E-state index in [2.05, 4.69) is 4.98 Å². The summed E-state index contributed by atoms with van der Waals surface area (Å²) in [5.74, 6) is -1.72. The number of hydrogen-bond acceptors (Lipinski definition) is 4. The Balaban J connectivity index is 2.53. The van der Waals surface area contributed by atoms with Crippen LogP contribution in [-0.2, 0) is 11.3 Å². The second-order valence-electron chi connectivity index (χ2n) is 5.25. The summed E-state index contributed by atoms with van der Waals surface area (Å²) in [6.07, 6.45) is 1.18. The number of hydrogen-bond donors (Lipinski definition) is 2. The summed E-state index contributed by atoms with van der Waals surface area (Å²) in [6.45, 7) is -0.181. The van der Waals surface area contributed by atoms with Crippen LogP contribution in [0.3, 0.4) is 0 Å². The van der Waals surface area contributed by atoms with Gasteiger partial charge in [-0.2, -0.15) is 0 Å². The van der Waals surface area contributed by atoms with Gasteiger partial charge in [0.05, 0.1) is 12.1 Å². The molecule has 2 aromatic rings. The molecule has 23 heavy (non-hydrogen) atoms. The van der Waals surface area contributed by atoms with Gasteiger partial charge in [-0.3, -0.25) is 24.0 Å². The lowest BCUT2D eigenvalue weighted by atomic mass is 10.1. The maximum absolute atomic E-state index is 13.9. The molecule has 0 saturated carbocycles. The molecule has 1 heterocycles. The Morgan fingerprint density at radius 1 is 1.30 bits per heavy atom. The van der Waals surface area contributed by atoms with E-state index in [4.69, 9.17) is 0 Å². The first-order chi connectivity index (χ1) is 10.8. The number of carbonyl (C=O) groups is 1. The SMILES string of the molecule is CN(C)[C@@H](Cn1cc(-c2ccccc2F)c(=O)[nH]c1=O)C(=O)O. The van der Waals surface area contributed by atoms with E-state index in [1.165, 1.54) is 29.3 Å². The van der Waals surface area contributed by atoms with Crippen LogP contribution in [0.15, 0.2) is 40.1 Å². The average Bonchev–Trinajstić information content (AvgIpc) is 2.46. The van der Waals surface area contributed by atoms with Crippen molar-refractivity contribution in [1.29, 1.82) is 0 Å². The van der Waals surface area contributed by atoms with Crippen molar-refractivity contribution in [2.75, 3.05) is 14.1 Å². The number of likely N-dealkylation sites (N-methyl/N-ethyl adjacent to an activating group) is 1. The van der Waals surface area contributed by atoms with Gasteiger partial charge in [0.15, 0.2) is 0 Å². The first kappa shape index (κ1) is 16.6. The summed E-state index contributed by atoms with van der Waals surface area (Å²) < 4.78 is 14.9. The van der Waals surface area contributed by atoms with Crippen molar-refractivity contribution in [3.63, 3.8) is 0 Å². The maximum atomic E-state index is 13.9. The third-order valence-electron chi connectivity index (χ3n) is 3.45. The van der Waals surface area contributed by atoms with Crippen molar-refractivity contribution in [3.8, 4) is 11.1 Å². The molecule has 2 N–H and O–H groups in total. The molecule has 0 amide bonds. The number of H-pyrrole nitrogens is 1. The highest BCUT2D eigenvalue weighted by Gasteiger charge is 2.22. The monoisotopic (exact) mass is 321 g/mol. The molecule has 0 unspecified atom stereocenters. The van der Waals surface area contributed by atoms with E-state index < -0.39 is 29.1 Å². The van der Waals surface area contributed by atoms with Gasteiger partial charge in [0.2, 0.25) is 0 Å². The van der Waals surface area contributed by atoms with Crippen LogP contribution < -0.4 is 11.2 Å². The maximum Gasteiger partial charge on any atom is 0.328 e. The van der Waals surface area contributed by atoms with Crippen molar-refractivity contribution in [2.45, 2.75) is 12.6 Å². The Morgan fingerprint density at radius 3 is 2.52 bits per heavy atom. The standard InChI is InChI=1S/C15H16FN3O4/c1-18(2)12(14(21)22)8-19-7-10(13(20)17-15(19)23)9-5-3-4-6-11(9)16/h3-7,12H,8H2,1-2H3,(H,21,22)(H,17,20,23)/t12-/m0/s1. The molecule has 1 aromatic carbocycles. The molecule has 0 fully saturated rings. The molecular formula is C15H16FN3O4. The lowest BCUT2D eigenvalue weighted by molar-refractivity contribution is -0.142. The Labute approximate surface area is 130 Å². The number of benzene rings is 1. The minimum absolute atomic E-state index is 0.0365. The molecule has 0 radical (unpaired) electrons. The van der Waals surface area contributed by atoms with Crippen LogP contribution in [0.2, 0.25) is 0 Å². The topological polar surface area (TPSA) is 95.4 Å². The largest absolute Gasteiger partial charge is 0.480 e. The van der Waals surface area contributed by atoms with E-state index in [-0.39, 0.29) is 17.7 Å². The molecule has 0 saturated heterocycles. The van der Waals surface area contributed by atoms with E-state index in [0.717, 1.165) is 4.57 Å². The highest BCUT2D eigenvalue weighted by molar-refractivity contribution is 5.73. The molecule has 0 aliphatic heterocycles. The third kappa shape index (κ3) is 3.54. The van der Waals surface area contributed by atoms with Crippen molar-refractivity contribution in [3.05, 3.63) is 57.1 Å². The van der Waals surface area contributed by atoms with E-state index in [9.17, 15) is 23.9 Å². The number of rotatable bonds is 5. The highest BCUT2D eigenvalue weighted by Crippen LogP contribution is 2.18.